The summed E-state index contributed by atoms with van der Waals surface area (Å²) in [7, 11) is 1.64. The highest BCUT2D eigenvalue weighted by Crippen LogP contribution is 2.49. The van der Waals surface area contributed by atoms with Gasteiger partial charge in [0.05, 0.1) is 36.2 Å². The number of hydrogen-bond donors (Lipinski definition) is 2. The normalized spacial score (nSPS) is 24.7. The Balaban J connectivity index is 1.16. The lowest BCUT2D eigenvalue weighted by Crippen LogP contribution is -2.70. The fourth-order valence-corrected chi connectivity index (χ4v) is 8.18. The topological polar surface area (TPSA) is 105 Å². The number of nitrogens with one attached hydrogen (secondary N) is 2. The van der Waals surface area contributed by atoms with Crippen molar-refractivity contribution < 1.29 is 14.3 Å². The van der Waals surface area contributed by atoms with Gasteiger partial charge in [0.15, 0.2) is 5.82 Å². The zero-order valence-electron chi connectivity index (χ0n) is 28.0. The molecule has 2 unspecified atom stereocenters. The van der Waals surface area contributed by atoms with Gasteiger partial charge < -0.3 is 24.8 Å². The van der Waals surface area contributed by atoms with Gasteiger partial charge in [-0.15, -0.1) is 0 Å². The average Bonchev–Trinajstić information content (AvgIpc) is 3.56. The fourth-order valence-electron chi connectivity index (χ4n) is 8.18. The summed E-state index contributed by atoms with van der Waals surface area (Å²) >= 11 is 0. The van der Waals surface area contributed by atoms with E-state index in [9.17, 15) is 9.59 Å². The number of nitrogens with zero attached hydrogens (tertiary/aromatic N) is 5. The summed E-state index contributed by atoms with van der Waals surface area (Å²) in [6.07, 6.45) is 5.09. The summed E-state index contributed by atoms with van der Waals surface area (Å²) in [5.41, 5.74) is 7.16. The van der Waals surface area contributed by atoms with Gasteiger partial charge in [-0.05, 0) is 89.3 Å². The van der Waals surface area contributed by atoms with E-state index in [1.807, 2.05) is 51.4 Å². The van der Waals surface area contributed by atoms with Crippen molar-refractivity contribution >= 4 is 40.0 Å². The van der Waals surface area contributed by atoms with Gasteiger partial charge in [0.2, 0.25) is 5.91 Å². The van der Waals surface area contributed by atoms with E-state index < -0.39 is 5.41 Å². The first-order valence-corrected chi connectivity index (χ1v) is 16.9. The minimum atomic E-state index is -0.589. The van der Waals surface area contributed by atoms with Crippen LogP contribution < -0.4 is 15.5 Å². The lowest BCUT2D eigenvalue weighted by atomic mass is 9.77. The first kappa shape index (κ1) is 30.1. The number of fused-ring (bicyclic) bond motifs is 4. The molecule has 2 aromatic heterocycles. The van der Waals surface area contributed by atoms with Crippen LogP contribution in [0.5, 0.6) is 0 Å². The number of rotatable bonds is 7. The van der Waals surface area contributed by atoms with Crippen molar-refractivity contribution in [2.75, 3.05) is 30.5 Å². The zero-order valence-corrected chi connectivity index (χ0v) is 28.0. The second kappa shape index (κ2) is 10.9. The molecule has 0 spiro atoms. The number of anilines is 3. The molecule has 5 heterocycles. The molecule has 2 atom stereocenters. The largest absolute Gasteiger partial charge is 0.378 e. The SMILES string of the molecule is CNC(=O)c1cc(Nc2nc(-c3ccc4c(c3)N([C@H]3C[C@@H](N5C6COCC5C6)C3)C(=O)C4(C)C)cc3ncn(C(C)C)c23)ccc1C. The van der Waals surface area contributed by atoms with Crippen LogP contribution in [0.3, 0.4) is 0 Å². The molecule has 2 aromatic carbocycles. The molecule has 2 bridgehead atoms. The standard InChI is InChI=1S/C37H43N7O3/c1-20(2)42-19-39-31-16-30(41-34(33(31)42)40-23-9-7-21(3)28(12-23)35(45)38-6)22-8-10-29-32(11-22)44(36(46)37(29,4)5)25-13-24(14-25)43-26-15-27(43)18-47-17-26/h7-12,16,19-20,24-27H,13-15,17-18H2,1-6H3,(H,38,45)(H,40,41)/t24-,25+,26?,27?. The van der Waals surface area contributed by atoms with Crippen molar-refractivity contribution in [3.8, 4) is 11.3 Å². The highest BCUT2D eigenvalue weighted by molar-refractivity contribution is 6.09. The first-order chi connectivity index (χ1) is 22.5. The van der Waals surface area contributed by atoms with Gasteiger partial charge in [-0.3, -0.25) is 14.5 Å². The molecule has 2 N–H and O–H groups in total. The van der Waals surface area contributed by atoms with Crippen molar-refractivity contribution in [1.82, 2.24) is 24.8 Å². The Morgan fingerprint density at radius 3 is 2.45 bits per heavy atom. The number of imidazole rings is 1. The van der Waals surface area contributed by atoms with Gasteiger partial charge in [-0.1, -0.05) is 18.2 Å². The predicted octanol–water partition coefficient (Wildman–Crippen LogP) is 5.72. The lowest BCUT2D eigenvalue weighted by Gasteiger charge is -2.60. The van der Waals surface area contributed by atoms with E-state index in [-0.39, 0.29) is 23.9 Å². The van der Waals surface area contributed by atoms with E-state index >= 15 is 0 Å². The van der Waals surface area contributed by atoms with E-state index in [0.717, 1.165) is 70.8 Å². The maximum Gasteiger partial charge on any atom is 0.251 e. The Kier molecular flexibility index (Phi) is 6.97. The summed E-state index contributed by atoms with van der Waals surface area (Å²) in [6, 6.07) is 16.1. The predicted molar refractivity (Wildman–Crippen MR) is 183 cm³/mol. The number of amides is 2. The van der Waals surface area contributed by atoms with Gasteiger partial charge in [0, 0.05) is 59.8 Å². The number of benzene rings is 2. The quantitative estimate of drug-likeness (QED) is 0.268. The van der Waals surface area contributed by atoms with Crippen LogP contribution in [0.4, 0.5) is 17.2 Å². The second-order valence-corrected chi connectivity index (χ2v) is 14.5. The van der Waals surface area contributed by atoms with Crippen LogP contribution in [-0.4, -0.2) is 75.7 Å². The Labute approximate surface area is 275 Å². The van der Waals surface area contributed by atoms with Crippen molar-refractivity contribution in [1.29, 1.82) is 0 Å². The number of pyridine rings is 1. The molecule has 3 aliphatic heterocycles. The lowest BCUT2D eigenvalue weighted by molar-refractivity contribution is -0.161. The fraction of sp³-hybridized carbons (Fsp3) is 0.459. The van der Waals surface area contributed by atoms with Gasteiger partial charge in [0.1, 0.15) is 5.52 Å². The third-order valence-corrected chi connectivity index (χ3v) is 10.9. The number of carbonyl (C=O) groups is 2. The summed E-state index contributed by atoms with van der Waals surface area (Å²) < 4.78 is 7.83. The van der Waals surface area contributed by atoms with Gasteiger partial charge in [0.25, 0.3) is 5.91 Å². The number of morpholine rings is 1. The molecule has 4 aromatic rings. The van der Waals surface area contributed by atoms with E-state index in [4.69, 9.17) is 14.7 Å². The van der Waals surface area contributed by atoms with Crippen molar-refractivity contribution in [2.45, 2.75) is 89.5 Å². The summed E-state index contributed by atoms with van der Waals surface area (Å²) in [6.45, 7) is 11.9. The molecule has 10 heteroatoms. The van der Waals surface area contributed by atoms with Gasteiger partial charge >= 0.3 is 0 Å². The van der Waals surface area contributed by atoms with E-state index in [0.29, 0.717) is 29.5 Å². The molecule has 2 saturated heterocycles. The second-order valence-electron chi connectivity index (χ2n) is 14.5. The van der Waals surface area contributed by atoms with Crippen LogP contribution in [0.1, 0.15) is 74.5 Å². The number of aromatic nitrogens is 3. The van der Waals surface area contributed by atoms with Crippen LogP contribution in [0.15, 0.2) is 48.8 Å². The molecule has 244 valence electrons. The molecular formula is C37H43N7O3. The number of ether oxygens (including phenoxy) is 1. The molecule has 4 aliphatic rings. The van der Waals surface area contributed by atoms with Crippen LogP contribution >= 0.6 is 0 Å². The number of aryl methyl sites for hydroxylation is 1. The third-order valence-electron chi connectivity index (χ3n) is 10.9. The molecule has 10 nitrogen and oxygen atoms in total. The summed E-state index contributed by atoms with van der Waals surface area (Å²) in [5, 5.41) is 6.25. The Morgan fingerprint density at radius 2 is 1.74 bits per heavy atom. The van der Waals surface area contributed by atoms with E-state index in [1.54, 1.807) is 7.05 Å². The maximum absolute atomic E-state index is 14.0. The molecule has 2 amide bonds. The van der Waals surface area contributed by atoms with Crippen molar-refractivity contribution in [3.05, 3.63) is 65.5 Å². The first-order valence-electron chi connectivity index (χ1n) is 16.9. The molecular weight excluding hydrogens is 590 g/mol. The Morgan fingerprint density at radius 1 is 1.00 bits per heavy atom. The molecule has 47 heavy (non-hydrogen) atoms. The highest BCUT2D eigenvalue weighted by atomic mass is 16.5. The van der Waals surface area contributed by atoms with Gasteiger partial charge in [-0.2, -0.15) is 0 Å². The summed E-state index contributed by atoms with van der Waals surface area (Å²) in [4.78, 5) is 41.2. The average molecular weight is 634 g/mol. The third kappa shape index (κ3) is 4.67. The van der Waals surface area contributed by atoms with E-state index in [1.165, 1.54) is 6.42 Å². The molecule has 1 aliphatic carbocycles. The van der Waals surface area contributed by atoms with Crippen molar-refractivity contribution in [2.24, 2.45) is 0 Å². The number of carbonyl (C=O) groups excluding carboxylic acids is 2. The highest BCUT2D eigenvalue weighted by Gasteiger charge is 2.54. The Hall–Kier alpha value is -4.28. The van der Waals surface area contributed by atoms with Crippen molar-refractivity contribution in [3.63, 3.8) is 0 Å². The minimum Gasteiger partial charge on any atom is -0.378 e. The summed E-state index contributed by atoms with van der Waals surface area (Å²) in [5.74, 6) is 0.702. The monoisotopic (exact) mass is 633 g/mol. The number of hydrogen-bond acceptors (Lipinski definition) is 7. The molecule has 1 saturated carbocycles. The minimum absolute atomic E-state index is 0.134. The molecule has 3 fully saturated rings. The van der Waals surface area contributed by atoms with Crippen LogP contribution in [0, 0.1) is 6.92 Å². The van der Waals surface area contributed by atoms with Crippen LogP contribution in [0.25, 0.3) is 22.3 Å². The molecule has 0 radical (unpaired) electrons. The van der Waals surface area contributed by atoms with Crippen LogP contribution in [-0.2, 0) is 14.9 Å². The van der Waals surface area contributed by atoms with Crippen LogP contribution in [0.2, 0.25) is 0 Å². The van der Waals surface area contributed by atoms with Gasteiger partial charge in [-0.25, -0.2) is 9.97 Å². The molecule has 8 rings (SSSR count). The van der Waals surface area contributed by atoms with E-state index in [2.05, 4.69) is 57.0 Å². The maximum atomic E-state index is 14.0. The smallest absolute Gasteiger partial charge is 0.251 e. The Bertz CT molecular complexity index is 1910. The zero-order chi connectivity index (χ0) is 32.8.